The van der Waals surface area contributed by atoms with E-state index in [0.29, 0.717) is 6.42 Å². The van der Waals surface area contributed by atoms with E-state index in [2.05, 4.69) is 10.4 Å². The van der Waals surface area contributed by atoms with Crippen LogP contribution in [0.5, 0.6) is 0 Å². The summed E-state index contributed by atoms with van der Waals surface area (Å²) >= 11 is 0. The monoisotopic (exact) mass is 267 g/mol. The molecule has 0 saturated carbocycles. The Kier molecular flexibility index (Phi) is 5.09. The Hall–Kier alpha value is -1.85. The summed E-state index contributed by atoms with van der Waals surface area (Å²) in [5.74, 6) is -1.23. The van der Waals surface area contributed by atoms with Gasteiger partial charge in [0.1, 0.15) is 0 Å². The number of hydrogen-bond donors (Lipinski definition) is 2. The molecule has 1 amide bonds. The summed E-state index contributed by atoms with van der Waals surface area (Å²) in [4.78, 5) is 22.2. The molecule has 1 aromatic rings. The maximum atomic E-state index is 11.8. The number of carbonyl (C=O) groups excluding carboxylic acids is 1. The van der Waals surface area contributed by atoms with Crippen LogP contribution in [0, 0.1) is 19.8 Å². The van der Waals surface area contributed by atoms with Gasteiger partial charge in [0.2, 0.25) is 5.91 Å². The van der Waals surface area contributed by atoms with Crippen LogP contribution in [0.25, 0.3) is 0 Å². The van der Waals surface area contributed by atoms with E-state index in [4.69, 9.17) is 5.11 Å². The molecule has 1 atom stereocenters. The van der Waals surface area contributed by atoms with Crippen molar-refractivity contribution in [3.8, 4) is 0 Å². The number of amides is 1. The molecule has 1 unspecified atom stereocenters. The summed E-state index contributed by atoms with van der Waals surface area (Å²) in [6.07, 6.45) is 0.563. The number of aliphatic carboxylic acids is 1. The van der Waals surface area contributed by atoms with Gasteiger partial charge in [0.25, 0.3) is 0 Å². The largest absolute Gasteiger partial charge is 0.481 e. The predicted octanol–water partition coefficient (Wildman–Crippen LogP) is 0.806. The third-order valence-electron chi connectivity index (χ3n) is 3.25. The second-order valence-corrected chi connectivity index (χ2v) is 4.81. The van der Waals surface area contributed by atoms with Crippen LogP contribution in [0.2, 0.25) is 0 Å². The van der Waals surface area contributed by atoms with E-state index in [0.717, 1.165) is 17.0 Å². The molecule has 1 aromatic heterocycles. The van der Waals surface area contributed by atoms with Gasteiger partial charge >= 0.3 is 5.97 Å². The third kappa shape index (κ3) is 4.08. The summed E-state index contributed by atoms with van der Waals surface area (Å²) in [6.45, 7) is 5.91. The molecule has 2 N–H and O–H groups in total. The van der Waals surface area contributed by atoms with Crippen LogP contribution in [0.3, 0.4) is 0 Å². The van der Waals surface area contributed by atoms with Gasteiger partial charge in [-0.05, 0) is 25.8 Å². The zero-order valence-corrected chi connectivity index (χ0v) is 11.9. The quantitative estimate of drug-likeness (QED) is 0.798. The number of aromatic nitrogens is 2. The summed E-state index contributed by atoms with van der Waals surface area (Å²) in [5, 5.41) is 15.5. The molecule has 0 saturated heterocycles. The van der Waals surface area contributed by atoms with Gasteiger partial charge in [-0.2, -0.15) is 5.10 Å². The summed E-state index contributed by atoms with van der Waals surface area (Å²) < 4.78 is 1.81. The van der Waals surface area contributed by atoms with Crippen LogP contribution < -0.4 is 5.32 Å². The van der Waals surface area contributed by atoms with E-state index in [9.17, 15) is 9.59 Å². The molecule has 0 aliphatic carbocycles. The van der Waals surface area contributed by atoms with E-state index in [1.807, 2.05) is 27.8 Å². The fourth-order valence-electron chi connectivity index (χ4n) is 1.98. The first-order valence-corrected chi connectivity index (χ1v) is 6.31. The lowest BCUT2D eigenvalue weighted by molar-refractivity contribution is -0.137. The lowest BCUT2D eigenvalue weighted by Crippen LogP contribution is -2.32. The van der Waals surface area contributed by atoms with Crippen molar-refractivity contribution in [2.45, 2.75) is 33.6 Å². The lowest BCUT2D eigenvalue weighted by atomic mass is 9.99. The molecule has 6 heteroatoms. The first kappa shape index (κ1) is 15.2. The second-order valence-electron chi connectivity index (χ2n) is 4.81. The molecule has 19 heavy (non-hydrogen) atoms. The zero-order valence-electron chi connectivity index (χ0n) is 11.9. The van der Waals surface area contributed by atoms with Crippen molar-refractivity contribution >= 4 is 11.9 Å². The number of aryl methyl sites for hydroxylation is 2. The van der Waals surface area contributed by atoms with Gasteiger partial charge in [-0.3, -0.25) is 14.3 Å². The fourth-order valence-corrected chi connectivity index (χ4v) is 1.98. The van der Waals surface area contributed by atoms with Crippen molar-refractivity contribution in [3.63, 3.8) is 0 Å². The number of carboxylic acid groups (broad SMARTS) is 1. The number of rotatable bonds is 6. The Morgan fingerprint density at radius 2 is 2.05 bits per heavy atom. The fraction of sp³-hybridized carbons (Fsp3) is 0.615. The molecule has 1 heterocycles. The minimum Gasteiger partial charge on any atom is -0.481 e. The van der Waals surface area contributed by atoms with E-state index in [-0.39, 0.29) is 24.8 Å². The summed E-state index contributed by atoms with van der Waals surface area (Å²) in [5.41, 5.74) is 3.08. The van der Waals surface area contributed by atoms with Crippen LogP contribution in [0.1, 0.15) is 30.3 Å². The average molecular weight is 267 g/mol. The van der Waals surface area contributed by atoms with Crippen molar-refractivity contribution in [1.29, 1.82) is 0 Å². The topological polar surface area (TPSA) is 84.2 Å². The minimum atomic E-state index is -0.910. The number of hydrogen-bond acceptors (Lipinski definition) is 3. The SMILES string of the molecule is Cc1nn(C)c(C)c1CC(C)C(=O)NCCC(=O)O. The Balaban J connectivity index is 2.56. The number of carboxylic acids is 1. The van der Waals surface area contributed by atoms with Gasteiger partial charge in [-0.1, -0.05) is 6.92 Å². The predicted molar refractivity (Wildman–Crippen MR) is 70.8 cm³/mol. The van der Waals surface area contributed by atoms with Crippen molar-refractivity contribution in [1.82, 2.24) is 15.1 Å². The molecule has 0 radical (unpaired) electrons. The van der Waals surface area contributed by atoms with Gasteiger partial charge in [-0.25, -0.2) is 0 Å². The van der Waals surface area contributed by atoms with Gasteiger partial charge in [0.05, 0.1) is 12.1 Å². The van der Waals surface area contributed by atoms with Gasteiger partial charge in [0.15, 0.2) is 0 Å². The Labute approximate surface area is 112 Å². The van der Waals surface area contributed by atoms with Crippen molar-refractivity contribution < 1.29 is 14.7 Å². The normalized spacial score (nSPS) is 12.2. The second kappa shape index (κ2) is 6.36. The standard InChI is InChI=1S/C13H21N3O3/c1-8(13(19)14-6-5-12(17)18)7-11-9(2)15-16(4)10(11)3/h8H,5-7H2,1-4H3,(H,14,19)(H,17,18). The molecular formula is C13H21N3O3. The molecule has 6 nitrogen and oxygen atoms in total. The van der Waals surface area contributed by atoms with Crippen molar-refractivity contribution in [2.75, 3.05) is 6.54 Å². The number of carbonyl (C=O) groups is 2. The number of nitrogens with zero attached hydrogens (tertiary/aromatic N) is 2. The molecule has 0 aliphatic heterocycles. The Morgan fingerprint density at radius 1 is 1.42 bits per heavy atom. The summed E-state index contributed by atoms with van der Waals surface area (Å²) in [7, 11) is 1.88. The van der Waals surface area contributed by atoms with E-state index < -0.39 is 5.97 Å². The molecule has 0 bridgehead atoms. The van der Waals surface area contributed by atoms with Gasteiger partial charge < -0.3 is 10.4 Å². The smallest absolute Gasteiger partial charge is 0.305 e. The highest BCUT2D eigenvalue weighted by Gasteiger charge is 2.18. The van der Waals surface area contributed by atoms with Crippen LogP contribution in [-0.4, -0.2) is 33.3 Å². The van der Waals surface area contributed by atoms with Crippen LogP contribution in [0.4, 0.5) is 0 Å². The van der Waals surface area contributed by atoms with E-state index >= 15 is 0 Å². The first-order chi connectivity index (χ1) is 8.82. The summed E-state index contributed by atoms with van der Waals surface area (Å²) in [6, 6.07) is 0. The van der Waals surface area contributed by atoms with Gasteiger partial charge in [-0.15, -0.1) is 0 Å². The molecule has 1 rings (SSSR count). The van der Waals surface area contributed by atoms with E-state index in [1.165, 1.54) is 0 Å². The molecule has 0 spiro atoms. The Bertz CT molecular complexity index is 480. The molecule has 0 aliphatic rings. The minimum absolute atomic E-state index is 0.0522. The van der Waals surface area contributed by atoms with Crippen molar-refractivity contribution in [2.24, 2.45) is 13.0 Å². The van der Waals surface area contributed by atoms with Crippen LogP contribution >= 0.6 is 0 Å². The van der Waals surface area contributed by atoms with Gasteiger partial charge in [0, 0.05) is 25.2 Å². The maximum Gasteiger partial charge on any atom is 0.305 e. The third-order valence-corrected chi connectivity index (χ3v) is 3.25. The molecule has 0 aromatic carbocycles. The number of nitrogens with one attached hydrogen (secondary N) is 1. The Morgan fingerprint density at radius 3 is 2.53 bits per heavy atom. The maximum absolute atomic E-state index is 11.8. The highest BCUT2D eigenvalue weighted by atomic mass is 16.4. The zero-order chi connectivity index (χ0) is 14.6. The highest BCUT2D eigenvalue weighted by Crippen LogP contribution is 2.16. The van der Waals surface area contributed by atoms with Crippen LogP contribution in [-0.2, 0) is 23.1 Å². The van der Waals surface area contributed by atoms with E-state index in [1.54, 1.807) is 4.68 Å². The highest BCUT2D eigenvalue weighted by molar-refractivity contribution is 5.79. The molecule has 106 valence electrons. The molecular weight excluding hydrogens is 246 g/mol. The average Bonchev–Trinajstić information content (AvgIpc) is 2.55. The first-order valence-electron chi connectivity index (χ1n) is 6.31. The lowest BCUT2D eigenvalue weighted by Gasteiger charge is -2.12. The van der Waals surface area contributed by atoms with Crippen molar-refractivity contribution in [3.05, 3.63) is 17.0 Å². The molecule has 0 fully saturated rings. The van der Waals surface area contributed by atoms with Crippen LogP contribution in [0.15, 0.2) is 0 Å².